The summed E-state index contributed by atoms with van der Waals surface area (Å²) in [5, 5.41) is 8.10. The molecule has 0 fully saturated rings. The number of carbonyl (C=O) groups excluding carboxylic acids is 1. The SMILES string of the molecule is N#CCOC(=O)c1ccc(F)nc1. The highest BCUT2D eigenvalue weighted by Gasteiger charge is 2.06. The van der Waals surface area contributed by atoms with E-state index in [0.717, 1.165) is 12.3 Å². The minimum Gasteiger partial charge on any atom is -0.447 e. The summed E-state index contributed by atoms with van der Waals surface area (Å²) in [5.74, 6) is -1.36. The summed E-state index contributed by atoms with van der Waals surface area (Å²) in [5.41, 5.74) is 0.122. The fourth-order valence-corrected chi connectivity index (χ4v) is 0.678. The standard InChI is InChI=1S/C8H5FN2O2/c9-7-2-1-6(5-11-7)8(12)13-4-3-10/h1-2,5H,4H2. The van der Waals surface area contributed by atoms with Gasteiger partial charge in [-0.1, -0.05) is 0 Å². The summed E-state index contributed by atoms with van der Waals surface area (Å²) >= 11 is 0. The van der Waals surface area contributed by atoms with Gasteiger partial charge in [-0.3, -0.25) is 0 Å². The molecule has 0 aliphatic rings. The maximum atomic E-state index is 12.3. The number of hydrogen-bond acceptors (Lipinski definition) is 4. The van der Waals surface area contributed by atoms with Gasteiger partial charge in [0.25, 0.3) is 0 Å². The molecule has 0 atom stereocenters. The molecule has 0 aliphatic heterocycles. The molecule has 1 aromatic rings. The first-order chi connectivity index (χ1) is 6.24. The van der Waals surface area contributed by atoms with Gasteiger partial charge < -0.3 is 4.74 Å². The molecule has 4 nitrogen and oxygen atoms in total. The largest absolute Gasteiger partial charge is 0.447 e. The number of pyridine rings is 1. The van der Waals surface area contributed by atoms with E-state index in [1.54, 1.807) is 6.07 Å². The predicted molar refractivity (Wildman–Crippen MR) is 40.1 cm³/mol. The third kappa shape index (κ3) is 2.52. The average Bonchev–Trinajstić information content (AvgIpc) is 2.15. The second-order valence-corrected chi connectivity index (χ2v) is 2.10. The number of halogens is 1. The first-order valence-electron chi connectivity index (χ1n) is 3.39. The van der Waals surface area contributed by atoms with Crippen LogP contribution in [0.3, 0.4) is 0 Å². The Morgan fingerprint density at radius 3 is 3.00 bits per heavy atom. The van der Waals surface area contributed by atoms with Crippen LogP contribution < -0.4 is 0 Å². The summed E-state index contributed by atoms with van der Waals surface area (Å²) in [6.07, 6.45) is 1.05. The predicted octanol–water partition coefficient (Wildman–Crippen LogP) is 0.901. The molecule has 0 aliphatic carbocycles. The molecule has 0 radical (unpaired) electrons. The van der Waals surface area contributed by atoms with Crippen LogP contribution in [0.5, 0.6) is 0 Å². The maximum absolute atomic E-state index is 12.3. The highest BCUT2D eigenvalue weighted by atomic mass is 19.1. The van der Waals surface area contributed by atoms with Gasteiger partial charge >= 0.3 is 5.97 Å². The molecular formula is C8H5FN2O2. The molecule has 0 saturated carbocycles. The van der Waals surface area contributed by atoms with Crippen LogP contribution in [0.25, 0.3) is 0 Å². The Kier molecular flexibility index (Phi) is 2.92. The van der Waals surface area contributed by atoms with E-state index >= 15 is 0 Å². The fraction of sp³-hybridized carbons (Fsp3) is 0.125. The summed E-state index contributed by atoms with van der Waals surface area (Å²) < 4.78 is 16.7. The van der Waals surface area contributed by atoms with E-state index in [2.05, 4.69) is 9.72 Å². The third-order valence-electron chi connectivity index (χ3n) is 1.23. The lowest BCUT2D eigenvalue weighted by molar-refractivity contribution is 0.0554. The van der Waals surface area contributed by atoms with Crippen LogP contribution in [-0.4, -0.2) is 17.6 Å². The van der Waals surface area contributed by atoms with Gasteiger partial charge in [0.05, 0.1) is 5.56 Å². The Hall–Kier alpha value is -1.96. The van der Waals surface area contributed by atoms with Crippen LogP contribution in [0.2, 0.25) is 0 Å². The lowest BCUT2D eigenvalue weighted by Gasteiger charge is -1.98. The monoisotopic (exact) mass is 180 g/mol. The quantitative estimate of drug-likeness (QED) is 0.501. The van der Waals surface area contributed by atoms with Gasteiger partial charge in [0, 0.05) is 6.20 Å². The maximum Gasteiger partial charge on any atom is 0.340 e. The third-order valence-corrected chi connectivity index (χ3v) is 1.23. The molecule has 0 saturated heterocycles. The minimum atomic E-state index is -0.686. The number of nitrogens with zero attached hydrogens (tertiary/aromatic N) is 2. The van der Waals surface area contributed by atoms with Crippen LogP contribution in [0, 0.1) is 17.3 Å². The molecule has 1 rings (SSSR count). The van der Waals surface area contributed by atoms with E-state index in [1.807, 2.05) is 0 Å². The molecule has 0 unspecified atom stereocenters. The van der Waals surface area contributed by atoms with Crippen molar-refractivity contribution in [3.63, 3.8) is 0 Å². The van der Waals surface area contributed by atoms with E-state index in [-0.39, 0.29) is 12.2 Å². The normalized spacial score (nSPS) is 8.92. The summed E-state index contributed by atoms with van der Waals surface area (Å²) in [4.78, 5) is 14.2. The van der Waals surface area contributed by atoms with E-state index in [1.165, 1.54) is 6.07 Å². The van der Waals surface area contributed by atoms with Crippen LogP contribution in [-0.2, 0) is 4.74 Å². The van der Waals surface area contributed by atoms with Crippen molar-refractivity contribution >= 4 is 5.97 Å². The Bertz CT molecular complexity index is 342. The molecule has 5 heteroatoms. The highest BCUT2D eigenvalue weighted by molar-refractivity contribution is 5.88. The lowest BCUT2D eigenvalue weighted by atomic mass is 10.3. The highest BCUT2D eigenvalue weighted by Crippen LogP contribution is 2.00. The second kappa shape index (κ2) is 4.16. The Balaban J connectivity index is 2.68. The van der Waals surface area contributed by atoms with Gasteiger partial charge in [0.15, 0.2) is 6.61 Å². The Morgan fingerprint density at radius 1 is 1.69 bits per heavy atom. The van der Waals surface area contributed by atoms with Gasteiger partial charge in [0.1, 0.15) is 6.07 Å². The number of carbonyl (C=O) groups is 1. The molecule has 0 N–H and O–H groups in total. The molecule has 0 spiro atoms. The molecule has 13 heavy (non-hydrogen) atoms. The van der Waals surface area contributed by atoms with E-state index in [9.17, 15) is 9.18 Å². The Labute approximate surface area is 73.6 Å². The van der Waals surface area contributed by atoms with Crippen LogP contribution in [0.1, 0.15) is 10.4 Å². The molecule has 0 aromatic carbocycles. The summed E-state index contributed by atoms with van der Waals surface area (Å²) in [6.45, 7) is -0.323. The number of esters is 1. The van der Waals surface area contributed by atoms with Crippen molar-refractivity contribution in [3.05, 3.63) is 29.8 Å². The van der Waals surface area contributed by atoms with Crippen molar-refractivity contribution in [2.45, 2.75) is 0 Å². The molecule has 66 valence electrons. The van der Waals surface area contributed by atoms with Crippen molar-refractivity contribution in [1.29, 1.82) is 5.26 Å². The lowest BCUT2D eigenvalue weighted by Crippen LogP contribution is -2.05. The summed E-state index contributed by atoms with van der Waals surface area (Å²) in [6, 6.07) is 3.92. The van der Waals surface area contributed by atoms with Crippen LogP contribution in [0.4, 0.5) is 4.39 Å². The average molecular weight is 180 g/mol. The van der Waals surface area contributed by atoms with Crippen LogP contribution >= 0.6 is 0 Å². The van der Waals surface area contributed by atoms with Crippen LogP contribution in [0.15, 0.2) is 18.3 Å². The zero-order valence-corrected chi connectivity index (χ0v) is 6.53. The topological polar surface area (TPSA) is 63.0 Å². The molecule has 0 amide bonds. The molecular weight excluding hydrogens is 175 g/mol. The van der Waals surface area contributed by atoms with E-state index in [0.29, 0.717) is 0 Å². The Morgan fingerprint density at radius 2 is 2.46 bits per heavy atom. The van der Waals surface area contributed by atoms with Gasteiger partial charge in [-0.25, -0.2) is 9.78 Å². The number of aromatic nitrogens is 1. The van der Waals surface area contributed by atoms with Crippen molar-refractivity contribution < 1.29 is 13.9 Å². The first-order valence-corrected chi connectivity index (χ1v) is 3.39. The van der Waals surface area contributed by atoms with Crippen molar-refractivity contribution in [3.8, 4) is 6.07 Å². The number of rotatable bonds is 2. The zero-order valence-electron chi connectivity index (χ0n) is 6.53. The fourth-order valence-electron chi connectivity index (χ4n) is 0.678. The van der Waals surface area contributed by atoms with Gasteiger partial charge in [-0.2, -0.15) is 9.65 Å². The zero-order chi connectivity index (χ0) is 9.68. The molecule has 0 bridgehead atoms. The number of hydrogen-bond donors (Lipinski definition) is 0. The van der Waals surface area contributed by atoms with Crippen molar-refractivity contribution in [1.82, 2.24) is 4.98 Å². The molecule has 1 heterocycles. The van der Waals surface area contributed by atoms with E-state index in [4.69, 9.17) is 5.26 Å². The second-order valence-electron chi connectivity index (χ2n) is 2.10. The van der Waals surface area contributed by atoms with Gasteiger partial charge in [0.2, 0.25) is 5.95 Å². The van der Waals surface area contributed by atoms with Crippen molar-refractivity contribution in [2.24, 2.45) is 0 Å². The van der Waals surface area contributed by atoms with Gasteiger partial charge in [-0.05, 0) is 12.1 Å². The number of ether oxygens (including phenoxy) is 1. The minimum absolute atomic E-state index is 0.122. The summed E-state index contributed by atoms with van der Waals surface area (Å²) in [7, 11) is 0. The first kappa shape index (κ1) is 9.13. The molecule has 1 aromatic heterocycles. The van der Waals surface area contributed by atoms with Gasteiger partial charge in [-0.15, -0.1) is 0 Å². The van der Waals surface area contributed by atoms with E-state index < -0.39 is 11.9 Å². The van der Waals surface area contributed by atoms with Crippen molar-refractivity contribution in [2.75, 3.05) is 6.61 Å². The number of nitriles is 1. The smallest absolute Gasteiger partial charge is 0.340 e.